The average molecular weight is 312 g/mol. The molecule has 0 aliphatic rings. The molecule has 1 aromatic rings. The third-order valence-electron chi connectivity index (χ3n) is 3.38. The van der Waals surface area contributed by atoms with Crippen molar-refractivity contribution in [3.05, 3.63) is 29.8 Å². The Kier molecular flexibility index (Phi) is 6.41. The van der Waals surface area contributed by atoms with Crippen molar-refractivity contribution in [1.29, 1.82) is 0 Å². The van der Waals surface area contributed by atoms with Gasteiger partial charge in [0.25, 0.3) is 10.1 Å². The summed E-state index contributed by atoms with van der Waals surface area (Å²) >= 11 is 0. The molecule has 1 unspecified atom stereocenters. The Morgan fingerprint density at radius 1 is 1.14 bits per heavy atom. The lowest BCUT2D eigenvalue weighted by Crippen LogP contribution is -2.18. The quantitative estimate of drug-likeness (QED) is 0.683. The average Bonchev–Trinajstić information content (AvgIpc) is 2.42. The Hall–Kier alpha value is -0.870. The first-order chi connectivity index (χ1) is 9.65. The van der Waals surface area contributed by atoms with Gasteiger partial charge in [0.05, 0.1) is 11.5 Å². The minimum Gasteiger partial charge on any atom is -0.266 e. The zero-order valence-electron chi connectivity index (χ0n) is 13.8. The van der Waals surface area contributed by atoms with Gasteiger partial charge in [0.2, 0.25) is 0 Å². The predicted octanol–water partition coefficient (Wildman–Crippen LogP) is 4.73. The third kappa shape index (κ3) is 6.18. The molecule has 0 bridgehead atoms. The molecule has 1 rings (SSSR count). The third-order valence-corrected chi connectivity index (χ3v) is 4.65. The molecule has 0 heterocycles. The van der Waals surface area contributed by atoms with Gasteiger partial charge in [-0.05, 0) is 35.4 Å². The van der Waals surface area contributed by atoms with Gasteiger partial charge in [0.15, 0.2) is 0 Å². The van der Waals surface area contributed by atoms with Gasteiger partial charge >= 0.3 is 0 Å². The van der Waals surface area contributed by atoms with Gasteiger partial charge in [0.1, 0.15) is 0 Å². The van der Waals surface area contributed by atoms with E-state index in [1.54, 1.807) is 12.1 Å². The highest BCUT2D eigenvalue weighted by Gasteiger charge is 2.20. The van der Waals surface area contributed by atoms with Crippen molar-refractivity contribution in [3.63, 3.8) is 0 Å². The lowest BCUT2D eigenvalue weighted by Gasteiger charge is -2.18. The van der Waals surface area contributed by atoms with Crippen LogP contribution in [0.1, 0.15) is 65.4 Å². The summed E-state index contributed by atoms with van der Waals surface area (Å²) in [5.41, 5.74) is 1.00. The van der Waals surface area contributed by atoms with E-state index in [9.17, 15) is 8.42 Å². The lowest BCUT2D eigenvalue weighted by molar-refractivity contribution is 0.203. The Balaban J connectivity index is 2.77. The first-order valence-electron chi connectivity index (χ1n) is 7.65. The van der Waals surface area contributed by atoms with Crippen LogP contribution in [0.3, 0.4) is 0 Å². The Morgan fingerprint density at radius 3 is 2.19 bits per heavy atom. The van der Waals surface area contributed by atoms with Gasteiger partial charge in [-0.15, -0.1) is 0 Å². The maximum Gasteiger partial charge on any atom is 0.296 e. The Bertz CT molecular complexity index is 524. The molecule has 120 valence electrons. The first kappa shape index (κ1) is 18.2. The lowest BCUT2D eigenvalue weighted by atomic mass is 9.96. The van der Waals surface area contributed by atoms with E-state index < -0.39 is 10.1 Å². The van der Waals surface area contributed by atoms with Gasteiger partial charge in [-0.3, -0.25) is 4.18 Å². The molecule has 0 saturated carbocycles. The van der Waals surface area contributed by atoms with E-state index in [1.807, 2.05) is 32.9 Å². The zero-order chi connectivity index (χ0) is 16.1. The molecule has 0 fully saturated rings. The largest absolute Gasteiger partial charge is 0.296 e. The van der Waals surface area contributed by atoms with E-state index in [0.29, 0.717) is 5.92 Å². The van der Waals surface area contributed by atoms with Crippen LogP contribution in [-0.4, -0.2) is 15.0 Å². The maximum atomic E-state index is 12.1. The first-order valence-corrected chi connectivity index (χ1v) is 9.06. The summed E-state index contributed by atoms with van der Waals surface area (Å²) in [5, 5.41) is 0. The number of hydrogen-bond acceptors (Lipinski definition) is 3. The van der Waals surface area contributed by atoms with Crippen molar-refractivity contribution in [1.82, 2.24) is 0 Å². The van der Waals surface area contributed by atoms with Crippen LogP contribution < -0.4 is 0 Å². The van der Waals surface area contributed by atoms with Crippen molar-refractivity contribution < 1.29 is 12.6 Å². The molecule has 0 aliphatic carbocycles. The van der Waals surface area contributed by atoms with Crippen molar-refractivity contribution in [2.24, 2.45) is 5.41 Å². The molecular formula is C17H28O3S. The summed E-state index contributed by atoms with van der Waals surface area (Å²) in [6.45, 7) is 10.4. The fourth-order valence-electron chi connectivity index (χ4n) is 1.96. The second-order valence-electron chi connectivity index (χ2n) is 6.89. The van der Waals surface area contributed by atoms with Crippen molar-refractivity contribution in [3.8, 4) is 0 Å². The highest BCUT2D eigenvalue weighted by Crippen LogP contribution is 2.24. The number of benzene rings is 1. The minimum atomic E-state index is -3.65. The van der Waals surface area contributed by atoms with Gasteiger partial charge in [0, 0.05) is 0 Å². The molecule has 1 atom stereocenters. The SMILES string of the molecule is CCCCC(C)c1ccc(S(=O)(=O)OCC(C)(C)C)cc1. The van der Waals surface area contributed by atoms with Crippen LogP contribution in [0.4, 0.5) is 0 Å². The standard InChI is InChI=1S/C17H28O3S/c1-6-7-8-14(2)15-9-11-16(12-10-15)21(18,19)20-13-17(3,4)5/h9-12,14H,6-8,13H2,1-5H3. The van der Waals surface area contributed by atoms with Gasteiger partial charge in [-0.2, -0.15) is 8.42 Å². The highest BCUT2D eigenvalue weighted by atomic mass is 32.2. The molecule has 0 aliphatic heterocycles. The summed E-state index contributed by atoms with van der Waals surface area (Å²) in [6.07, 6.45) is 3.50. The maximum absolute atomic E-state index is 12.1. The molecule has 0 aromatic heterocycles. The molecule has 0 spiro atoms. The predicted molar refractivity (Wildman–Crippen MR) is 87.0 cm³/mol. The summed E-state index contributed by atoms with van der Waals surface area (Å²) in [7, 11) is -3.65. The van der Waals surface area contributed by atoms with Crippen LogP contribution in [0.25, 0.3) is 0 Å². The van der Waals surface area contributed by atoms with E-state index in [-0.39, 0.29) is 16.9 Å². The monoisotopic (exact) mass is 312 g/mol. The number of unbranched alkanes of at least 4 members (excludes halogenated alkanes) is 1. The van der Waals surface area contributed by atoms with Crippen LogP contribution in [0.15, 0.2) is 29.2 Å². The van der Waals surface area contributed by atoms with E-state index in [1.165, 1.54) is 18.4 Å². The topological polar surface area (TPSA) is 43.4 Å². The zero-order valence-corrected chi connectivity index (χ0v) is 14.7. The van der Waals surface area contributed by atoms with E-state index in [0.717, 1.165) is 6.42 Å². The van der Waals surface area contributed by atoms with Crippen LogP contribution in [0.2, 0.25) is 0 Å². The highest BCUT2D eigenvalue weighted by molar-refractivity contribution is 7.86. The van der Waals surface area contributed by atoms with Crippen LogP contribution >= 0.6 is 0 Å². The molecule has 4 heteroatoms. The molecule has 0 N–H and O–H groups in total. The second kappa shape index (κ2) is 7.41. The smallest absolute Gasteiger partial charge is 0.266 e. The molecular weight excluding hydrogens is 284 g/mol. The van der Waals surface area contributed by atoms with Crippen molar-refractivity contribution in [2.75, 3.05) is 6.61 Å². The minimum absolute atomic E-state index is 0.179. The second-order valence-corrected chi connectivity index (χ2v) is 8.50. The van der Waals surface area contributed by atoms with Crippen LogP contribution in [0, 0.1) is 5.41 Å². The summed E-state index contributed by atoms with van der Waals surface area (Å²) < 4.78 is 29.3. The normalized spacial score (nSPS) is 14.1. The molecule has 3 nitrogen and oxygen atoms in total. The number of rotatable bonds is 7. The van der Waals surface area contributed by atoms with E-state index in [2.05, 4.69) is 13.8 Å². The molecule has 1 aromatic carbocycles. The number of hydrogen-bond donors (Lipinski definition) is 0. The summed E-state index contributed by atoms with van der Waals surface area (Å²) in [5.74, 6) is 0.456. The fourth-order valence-corrected chi connectivity index (χ4v) is 3.08. The molecule has 0 saturated heterocycles. The fraction of sp³-hybridized carbons (Fsp3) is 0.647. The Morgan fingerprint density at radius 2 is 1.71 bits per heavy atom. The molecule has 21 heavy (non-hydrogen) atoms. The van der Waals surface area contributed by atoms with Crippen molar-refractivity contribution in [2.45, 2.75) is 64.7 Å². The van der Waals surface area contributed by atoms with E-state index >= 15 is 0 Å². The van der Waals surface area contributed by atoms with Crippen molar-refractivity contribution >= 4 is 10.1 Å². The van der Waals surface area contributed by atoms with Gasteiger partial charge < -0.3 is 0 Å². The molecule has 0 amide bonds. The van der Waals surface area contributed by atoms with Crippen LogP contribution in [0.5, 0.6) is 0 Å². The van der Waals surface area contributed by atoms with Gasteiger partial charge in [-0.25, -0.2) is 0 Å². The van der Waals surface area contributed by atoms with Crippen LogP contribution in [-0.2, 0) is 14.3 Å². The van der Waals surface area contributed by atoms with Gasteiger partial charge in [-0.1, -0.05) is 59.6 Å². The van der Waals surface area contributed by atoms with E-state index in [4.69, 9.17) is 4.18 Å². The molecule has 0 radical (unpaired) electrons. The Labute approximate surface area is 129 Å². The summed E-state index contributed by atoms with van der Waals surface area (Å²) in [4.78, 5) is 0.234. The summed E-state index contributed by atoms with van der Waals surface area (Å²) in [6, 6.07) is 7.09.